The van der Waals surface area contributed by atoms with Crippen LogP contribution in [0.15, 0.2) is 83.7 Å². The van der Waals surface area contributed by atoms with Crippen molar-refractivity contribution in [3.8, 4) is 0 Å². The molecule has 0 aliphatic rings. The fraction of sp³-hybridized carbons (Fsp3) is 0.0833. The van der Waals surface area contributed by atoms with Crippen molar-refractivity contribution in [1.29, 1.82) is 0 Å². The lowest BCUT2D eigenvalue weighted by Crippen LogP contribution is -2.24. The number of benzene rings is 3. The van der Waals surface area contributed by atoms with Gasteiger partial charge in [0.15, 0.2) is 0 Å². The maximum absolute atomic E-state index is 13.1. The average Bonchev–Trinajstić information content (AvgIpc) is 2.71. The van der Waals surface area contributed by atoms with Crippen LogP contribution in [0, 0.1) is 6.92 Å². The molecule has 4 aromatic rings. The summed E-state index contributed by atoms with van der Waals surface area (Å²) in [4.78, 5) is 17.8. The van der Waals surface area contributed by atoms with Crippen molar-refractivity contribution in [1.82, 2.24) is 9.55 Å². The van der Waals surface area contributed by atoms with Gasteiger partial charge in [0.05, 0.1) is 17.4 Å². The molecule has 0 radical (unpaired) electrons. The van der Waals surface area contributed by atoms with E-state index in [-0.39, 0.29) is 5.56 Å². The number of fused-ring (bicyclic) bond motifs is 1. The first kappa shape index (κ1) is 17.0. The molecule has 0 aliphatic heterocycles. The third-order valence-electron chi connectivity index (χ3n) is 4.58. The normalized spacial score (nSPS) is 11.3. The molecule has 1 aromatic heterocycles. The number of hydrogen-bond donors (Lipinski definition) is 0. The Bertz CT molecular complexity index is 1160. The van der Waals surface area contributed by atoms with Crippen molar-refractivity contribution in [3.63, 3.8) is 0 Å². The van der Waals surface area contributed by atoms with Crippen molar-refractivity contribution in [2.24, 2.45) is 0 Å². The van der Waals surface area contributed by atoms with Crippen LogP contribution >= 0.6 is 0 Å². The number of aromatic nitrogens is 2. The summed E-state index contributed by atoms with van der Waals surface area (Å²) in [6.07, 6.45) is 3.92. The van der Waals surface area contributed by atoms with E-state index in [1.807, 2.05) is 66.7 Å². The Balaban J connectivity index is 1.83. The summed E-state index contributed by atoms with van der Waals surface area (Å²) in [6.45, 7) is 2.56. The van der Waals surface area contributed by atoms with Crippen LogP contribution in [0.5, 0.6) is 0 Å². The second kappa shape index (κ2) is 7.42. The predicted molar refractivity (Wildman–Crippen MR) is 112 cm³/mol. The van der Waals surface area contributed by atoms with Gasteiger partial charge in [-0.15, -0.1) is 0 Å². The smallest absolute Gasteiger partial charge is 0.261 e. The van der Waals surface area contributed by atoms with Gasteiger partial charge in [-0.2, -0.15) is 0 Å². The van der Waals surface area contributed by atoms with Crippen LogP contribution in [0.4, 0.5) is 0 Å². The van der Waals surface area contributed by atoms with Crippen LogP contribution in [0.1, 0.15) is 22.5 Å². The summed E-state index contributed by atoms with van der Waals surface area (Å²) in [7, 11) is 0. The molecular formula is C24H20N2O. The number of aryl methyl sites for hydroxylation is 1. The van der Waals surface area contributed by atoms with E-state index in [2.05, 4.69) is 31.2 Å². The molecule has 3 heteroatoms. The van der Waals surface area contributed by atoms with Crippen LogP contribution < -0.4 is 5.56 Å². The minimum atomic E-state index is -0.0204. The van der Waals surface area contributed by atoms with E-state index in [0.29, 0.717) is 17.8 Å². The summed E-state index contributed by atoms with van der Waals surface area (Å²) in [5, 5.41) is 0.640. The number of para-hydroxylation sites is 1. The zero-order valence-corrected chi connectivity index (χ0v) is 15.2. The average molecular weight is 352 g/mol. The molecule has 0 spiro atoms. The maximum Gasteiger partial charge on any atom is 0.261 e. The van der Waals surface area contributed by atoms with Crippen LogP contribution in [-0.2, 0) is 6.54 Å². The summed E-state index contributed by atoms with van der Waals surface area (Å²) >= 11 is 0. The Hall–Kier alpha value is -3.46. The Morgan fingerprint density at radius 3 is 2.33 bits per heavy atom. The van der Waals surface area contributed by atoms with Gasteiger partial charge in [-0.3, -0.25) is 9.36 Å². The number of hydrogen-bond acceptors (Lipinski definition) is 2. The van der Waals surface area contributed by atoms with Gasteiger partial charge in [-0.05, 0) is 36.3 Å². The molecule has 0 amide bonds. The maximum atomic E-state index is 13.1. The molecule has 1 heterocycles. The Kier molecular flexibility index (Phi) is 4.67. The molecule has 0 saturated carbocycles. The lowest BCUT2D eigenvalue weighted by Gasteiger charge is -2.11. The monoisotopic (exact) mass is 352 g/mol. The van der Waals surface area contributed by atoms with Crippen LogP contribution in [-0.4, -0.2) is 9.55 Å². The van der Waals surface area contributed by atoms with Gasteiger partial charge < -0.3 is 0 Å². The minimum absolute atomic E-state index is 0.0204. The highest BCUT2D eigenvalue weighted by molar-refractivity contribution is 5.79. The molecule has 0 atom stereocenters. The zero-order valence-electron chi connectivity index (χ0n) is 15.2. The van der Waals surface area contributed by atoms with Gasteiger partial charge >= 0.3 is 0 Å². The van der Waals surface area contributed by atoms with Crippen molar-refractivity contribution >= 4 is 23.1 Å². The highest BCUT2D eigenvalue weighted by Crippen LogP contribution is 2.13. The fourth-order valence-electron chi connectivity index (χ4n) is 3.08. The Morgan fingerprint density at radius 2 is 1.56 bits per heavy atom. The van der Waals surface area contributed by atoms with E-state index in [1.54, 1.807) is 4.57 Å². The van der Waals surface area contributed by atoms with Gasteiger partial charge in [0.1, 0.15) is 5.82 Å². The van der Waals surface area contributed by atoms with E-state index >= 15 is 0 Å². The molecule has 4 rings (SSSR count). The molecule has 3 nitrogen and oxygen atoms in total. The molecule has 27 heavy (non-hydrogen) atoms. The predicted octanol–water partition coefficient (Wildman–Crippen LogP) is 4.92. The third-order valence-corrected chi connectivity index (χ3v) is 4.58. The molecule has 0 unspecified atom stereocenters. The van der Waals surface area contributed by atoms with Crippen LogP contribution in [0.25, 0.3) is 23.1 Å². The first-order chi connectivity index (χ1) is 13.2. The van der Waals surface area contributed by atoms with E-state index in [0.717, 1.165) is 16.6 Å². The second-order valence-corrected chi connectivity index (χ2v) is 6.61. The molecule has 0 aliphatic carbocycles. The van der Waals surface area contributed by atoms with Gasteiger partial charge in [0.2, 0.25) is 0 Å². The van der Waals surface area contributed by atoms with E-state index in [1.165, 1.54) is 5.56 Å². The molecular weight excluding hydrogens is 332 g/mol. The molecule has 0 fully saturated rings. The summed E-state index contributed by atoms with van der Waals surface area (Å²) in [5.41, 5.74) is 4.07. The SMILES string of the molecule is Cc1ccc(/C=C/c2nc3ccccc3c(=O)n2Cc2ccccc2)cc1. The second-order valence-electron chi connectivity index (χ2n) is 6.61. The Labute approximate surface area is 158 Å². The molecule has 132 valence electrons. The molecule has 0 bridgehead atoms. The van der Waals surface area contributed by atoms with Gasteiger partial charge in [0, 0.05) is 0 Å². The lowest BCUT2D eigenvalue weighted by molar-refractivity contribution is 0.738. The van der Waals surface area contributed by atoms with E-state index < -0.39 is 0 Å². The first-order valence-corrected chi connectivity index (χ1v) is 8.99. The largest absolute Gasteiger partial charge is 0.288 e. The zero-order chi connectivity index (χ0) is 18.6. The highest BCUT2D eigenvalue weighted by Gasteiger charge is 2.09. The fourth-order valence-corrected chi connectivity index (χ4v) is 3.08. The standard InChI is InChI=1S/C24H20N2O/c1-18-11-13-19(14-12-18)15-16-23-25-22-10-6-5-9-21(22)24(27)26(23)17-20-7-3-2-4-8-20/h2-16H,17H2,1H3/b16-15+. The third kappa shape index (κ3) is 3.72. The van der Waals surface area contributed by atoms with E-state index in [9.17, 15) is 4.79 Å². The van der Waals surface area contributed by atoms with Crippen molar-refractivity contribution in [2.75, 3.05) is 0 Å². The number of rotatable bonds is 4. The highest BCUT2D eigenvalue weighted by atomic mass is 16.1. The van der Waals surface area contributed by atoms with Crippen LogP contribution in [0.2, 0.25) is 0 Å². The van der Waals surface area contributed by atoms with Gasteiger partial charge in [-0.25, -0.2) is 4.98 Å². The summed E-state index contributed by atoms with van der Waals surface area (Å²) in [5.74, 6) is 0.656. The summed E-state index contributed by atoms with van der Waals surface area (Å²) in [6, 6.07) is 25.8. The quantitative estimate of drug-likeness (QED) is 0.522. The molecule has 3 aromatic carbocycles. The van der Waals surface area contributed by atoms with E-state index in [4.69, 9.17) is 4.98 Å². The van der Waals surface area contributed by atoms with Crippen molar-refractivity contribution < 1.29 is 0 Å². The lowest BCUT2D eigenvalue weighted by atomic mass is 10.1. The first-order valence-electron chi connectivity index (χ1n) is 8.99. The number of nitrogens with zero attached hydrogens (tertiary/aromatic N) is 2. The Morgan fingerprint density at radius 1 is 0.852 bits per heavy atom. The summed E-state index contributed by atoms with van der Waals surface area (Å²) < 4.78 is 1.74. The van der Waals surface area contributed by atoms with Gasteiger partial charge in [-0.1, -0.05) is 78.4 Å². The topological polar surface area (TPSA) is 34.9 Å². The van der Waals surface area contributed by atoms with Crippen LogP contribution in [0.3, 0.4) is 0 Å². The van der Waals surface area contributed by atoms with Gasteiger partial charge in [0.25, 0.3) is 5.56 Å². The molecule has 0 saturated heterocycles. The minimum Gasteiger partial charge on any atom is -0.288 e. The molecule has 0 N–H and O–H groups in total. The van der Waals surface area contributed by atoms with Crippen molar-refractivity contribution in [2.45, 2.75) is 13.5 Å². The van der Waals surface area contributed by atoms with Crippen molar-refractivity contribution in [3.05, 3.63) is 112 Å².